The maximum absolute atomic E-state index is 12.3. The van der Waals surface area contributed by atoms with Crippen LogP contribution >= 0.6 is 0 Å². The number of rotatable bonds is 5. The minimum atomic E-state index is 0.0758. The molecule has 2 aliphatic rings. The predicted molar refractivity (Wildman–Crippen MR) is 71.0 cm³/mol. The van der Waals surface area contributed by atoms with Crippen LogP contribution in [0, 0.1) is 5.92 Å². The Morgan fingerprint density at radius 3 is 2.50 bits per heavy atom. The van der Waals surface area contributed by atoms with Crippen molar-refractivity contribution in [3.63, 3.8) is 0 Å². The van der Waals surface area contributed by atoms with Gasteiger partial charge in [-0.2, -0.15) is 0 Å². The van der Waals surface area contributed by atoms with Gasteiger partial charge in [0.15, 0.2) is 0 Å². The summed E-state index contributed by atoms with van der Waals surface area (Å²) in [4.78, 5) is 14.2. The molecule has 18 heavy (non-hydrogen) atoms. The number of amides is 1. The Morgan fingerprint density at radius 1 is 1.22 bits per heavy atom. The molecule has 0 aromatic heterocycles. The number of nitrogens with two attached hydrogens (primary N) is 1. The number of carbonyl (C=O) groups excluding carboxylic acids is 1. The summed E-state index contributed by atoms with van der Waals surface area (Å²) >= 11 is 0. The average molecular weight is 254 g/mol. The van der Waals surface area contributed by atoms with E-state index in [4.69, 9.17) is 10.8 Å². The lowest BCUT2D eigenvalue weighted by Crippen LogP contribution is -2.46. The molecule has 0 aromatic carbocycles. The van der Waals surface area contributed by atoms with Crippen LogP contribution in [0.15, 0.2) is 0 Å². The van der Waals surface area contributed by atoms with Gasteiger partial charge in [-0.1, -0.05) is 6.42 Å². The molecule has 2 fully saturated rings. The van der Waals surface area contributed by atoms with Crippen LogP contribution in [0.25, 0.3) is 0 Å². The van der Waals surface area contributed by atoms with E-state index in [-0.39, 0.29) is 18.6 Å². The van der Waals surface area contributed by atoms with E-state index in [0.29, 0.717) is 24.9 Å². The number of aliphatic hydroxyl groups is 1. The summed E-state index contributed by atoms with van der Waals surface area (Å²) in [5.41, 5.74) is 5.97. The van der Waals surface area contributed by atoms with Crippen molar-refractivity contribution < 1.29 is 9.90 Å². The third kappa shape index (κ3) is 3.45. The number of hydrogen-bond donors (Lipinski definition) is 2. The Bertz CT molecular complexity index is 279. The maximum Gasteiger partial charge on any atom is 0.223 e. The van der Waals surface area contributed by atoms with Crippen LogP contribution in [-0.2, 0) is 4.79 Å². The van der Waals surface area contributed by atoms with Gasteiger partial charge in [0.2, 0.25) is 5.91 Å². The van der Waals surface area contributed by atoms with Crippen molar-refractivity contribution in [2.45, 2.75) is 63.5 Å². The molecule has 0 aromatic rings. The van der Waals surface area contributed by atoms with Gasteiger partial charge in [-0.15, -0.1) is 0 Å². The van der Waals surface area contributed by atoms with E-state index in [1.165, 1.54) is 6.42 Å². The molecular weight excluding hydrogens is 228 g/mol. The Balaban J connectivity index is 1.83. The van der Waals surface area contributed by atoms with Gasteiger partial charge >= 0.3 is 0 Å². The van der Waals surface area contributed by atoms with Gasteiger partial charge in [-0.3, -0.25) is 4.79 Å². The molecule has 3 N–H and O–H groups in total. The lowest BCUT2D eigenvalue weighted by atomic mass is 9.83. The monoisotopic (exact) mass is 254 g/mol. The van der Waals surface area contributed by atoms with Crippen LogP contribution in [0.2, 0.25) is 0 Å². The maximum atomic E-state index is 12.3. The topological polar surface area (TPSA) is 66.6 Å². The fourth-order valence-electron chi connectivity index (χ4n) is 3.20. The highest BCUT2D eigenvalue weighted by atomic mass is 16.3. The van der Waals surface area contributed by atoms with Gasteiger partial charge in [-0.05, 0) is 44.4 Å². The summed E-state index contributed by atoms with van der Waals surface area (Å²) in [6.07, 6.45) is 8.45. The Hall–Kier alpha value is -0.610. The van der Waals surface area contributed by atoms with E-state index in [9.17, 15) is 4.79 Å². The molecule has 2 atom stereocenters. The van der Waals surface area contributed by atoms with E-state index >= 15 is 0 Å². The molecular formula is C14H26N2O2. The van der Waals surface area contributed by atoms with Gasteiger partial charge < -0.3 is 15.7 Å². The van der Waals surface area contributed by atoms with Crippen molar-refractivity contribution in [1.29, 1.82) is 0 Å². The van der Waals surface area contributed by atoms with Crippen LogP contribution < -0.4 is 5.73 Å². The molecule has 2 aliphatic carbocycles. The number of hydrogen-bond acceptors (Lipinski definition) is 3. The summed E-state index contributed by atoms with van der Waals surface area (Å²) in [6, 6.07) is 0.674. The Kier molecular flexibility index (Phi) is 5.01. The standard InChI is InChI=1S/C14H26N2O2/c15-12-4-1-3-11(9-12)10-14(18)16(7-8-17)13-5-2-6-13/h11-13,17H,1-10,15H2. The van der Waals surface area contributed by atoms with Crippen molar-refractivity contribution in [1.82, 2.24) is 4.90 Å². The summed E-state index contributed by atoms with van der Waals surface area (Å²) in [5.74, 6) is 0.690. The van der Waals surface area contributed by atoms with Crippen LogP contribution in [0.1, 0.15) is 51.4 Å². The van der Waals surface area contributed by atoms with Gasteiger partial charge in [-0.25, -0.2) is 0 Å². The highest BCUT2D eigenvalue weighted by Gasteiger charge is 2.30. The molecule has 2 rings (SSSR count). The van der Waals surface area contributed by atoms with Gasteiger partial charge in [0.1, 0.15) is 0 Å². The zero-order chi connectivity index (χ0) is 13.0. The van der Waals surface area contributed by atoms with E-state index < -0.39 is 0 Å². The zero-order valence-corrected chi connectivity index (χ0v) is 11.2. The third-order valence-electron chi connectivity index (χ3n) is 4.46. The third-order valence-corrected chi connectivity index (χ3v) is 4.46. The van der Waals surface area contributed by atoms with Crippen molar-refractivity contribution in [2.75, 3.05) is 13.2 Å². The molecule has 0 bridgehead atoms. The summed E-state index contributed by atoms with van der Waals surface area (Å²) in [5, 5.41) is 9.09. The molecule has 0 aliphatic heterocycles. The highest BCUT2D eigenvalue weighted by molar-refractivity contribution is 5.77. The second-order valence-electron chi connectivity index (χ2n) is 5.89. The van der Waals surface area contributed by atoms with Crippen molar-refractivity contribution in [3.05, 3.63) is 0 Å². The van der Waals surface area contributed by atoms with Crippen LogP contribution in [-0.4, -0.2) is 41.1 Å². The predicted octanol–water partition coefficient (Wildman–Crippen LogP) is 1.27. The van der Waals surface area contributed by atoms with E-state index in [1.54, 1.807) is 0 Å². The van der Waals surface area contributed by atoms with Gasteiger partial charge in [0, 0.05) is 25.0 Å². The van der Waals surface area contributed by atoms with Gasteiger partial charge in [0.05, 0.1) is 6.61 Å². The SMILES string of the molecule is NC1CCCC(CC(=O)N(CCO)C2CCC2)C1. The van der Waals surface area contributed by atoms with Crippen LogP contribution in [0.4, 0.5) is 0 Å². The summed E-state index contributed by atoms with van der Waals surface area (Å²) in [7, 11) is 0. The fraction of sp³-hybridized carbons (Fsp3) is 0.929. The smallest absolute Gasteiger partial charge is 0.223 e. The molecule has 1 amide bonds. The van der Waals surface area contributed by atoms with E-state index in [1.807, 2.05) is 4.90 Å². The zero-order valence-electron chi connectivity index (χ0n) is 11.2. The number of nitrogens with zero attached hydrogens (tertiary/aromatic N) is 1. The molecule has 0 saturated heterocycles. The van der Waals surface area contributed by atoms with Crippen molar-refractivity contribution in [2.24, 2.45) is 11.7 Å². The fourth-order valence-corrected chi connectivity index (χ4v) is 3.20. The molecule has 104 valence electrons. The molecule has 2 unspecified atom stereocenters. The first-order chi connectivity index (χ1) is 8.70. The van der Waals surface area contributed by atoms with Crippen LogP contribution in [0.3, 0.4) is 0 Å². The normalized spacial score (nSPS) is 28.8. The second-order valence-corrected chi connectivity index (χ2v) is 5.89. The molecule has 0 heterocycles. The highest BCUT2D eigenvalue weighted by Crippen LogP contribution is 2.29. The quantitative estimate of drug-likeness (QED) is 0.776. The lowest BCUT2D eigenvalue weighted by Gasteiger charge is -2.38. The summed E-state index contributed by atoms with van der Waals surface area (Å²) in [6.45, 7) is 0.578. The first kappa shape index (κ1) is 13.8. The molecule has 0 radical (unpaired) electrons. The van der Waals surface area contributed by atoms with Crippen molar-refractivity contribution in [3.8, 4) is 0 Å². The molecule has 4 heteroatoms. The molecule has 2 saturated carbocycles. The van der Waals surface area contributed by atoms with Gasteiger partial charge in [0.25, 0.3) is 0 Å². The summed E-state index contributed by atoms with van der Waals surface area (Å²) < 4.78 is 0. The van der Waals surface area contributed by atoms with E-state index in [2.05, 4.69) is 0 Å². The Morgan fingerprint density at radius 2 is 1.94 bits per heavy atom. The Labute approximate surface area is 110 Å². The van der Waals surface area contributed by atoms with Crippen LogP contribution in [0.5, 0.6) is 0 Å². The molecule has 0 spiro atoms. The number of carbonyl (C=O) groups is 1. The first-order valence-corrected chi connectivity index (χ1v) is 7.36. The average Bonchev–Trinajstić information content (AvgIpc) is 2.26. The van der Waals surface area contributed by atoms with E-state index in [0.717, 1.165) is 38.5 Å². The van der Waals surface area contributed by atoms with Crippen molar-refractivity contribution >= 4 is 5.91 Å². The second kappa shape index (κ2) is 6.53. The minimum Gasteiger partial charge on any atom is -0.395 e. The molecule has 4 nitrogen and oxygen atoms in total. The lowest BCUT2D eigenvalue weighted by molar-refractivity contribution is -0.137. The number of aliphatic hydroxyl groups excluding tert-OH is 1. The first-order valence-electron chi connectivity index (χ1n) is 7.36. The largest absolute Gasteiger partial charge is 0.395 e. The minimum absolute atomic E-state index is 0.0758.